The molecule has 2 saturated heterocycles. The Kier molecular flexibility index (Phi) is 10.2. The third-order valence-corrected chi connectivity index (χ3v) is 10.4. The molecular weight excluding hydrogens is 679 g/mol. The van der Waals surface area contributed by atoms with Crippen molar-refractivity contribution in [3.05, 3.63) is 112 Å². The Morgan fingerprint density at radius 1 is 0.980 bits per heavy atom. The van der Waals surface area contributed by atoms with Crippen molar-refractivity contribution in [1.82, 2.24) is 10.2 Å². The highest BCUT2D eigenvalue weighted by molar-refractivity contribution is 8.00. The Morgan fingerprint density at radius 2 is 1.64 bits per heavy atom. The first-order chi connectivity index (χ1) is 24.0. The standard InChI is InChI=1S/C37H37N3O8S2/c1-5-46-34(43)26-17-19-49-32(26)39-18-16-24(30(39)41)20-25-21-50-33-27(38-36(45)48-37(2,3)4)31(42)40(33)28(25)35(44)47-29(22-12-8-6-9-13-22)23-14-10-7-11-15-23/h6-15,17,19-20,27,29,33H,5,16,18,21H2,1-4H3,(H,38,45)/b24-20+/t27-,33-/m1/s1. The summed E-state index contributed by atoms with van der Waals surface area (Å²) in [6.45, 7) is 7.43. The van der Waals surface area contributed by atoms with E-state index in [0.717, 1.165) is 11.1 Å². The van der Waals surface area contributed by atoms with E-state index in [4.69, 9.17) is 14.2 Å². The lowest BCUT2D eigenvalue weighted by Gasteiger charge is -2.49. The molecule has 3 aromatic rings. The van der Waals surface area contributed by atoms with E-state index in [1.807, 2.05) is 60.7 Å². The molecule has 1 aromatic heterocycles. The number of anilines is 1. The number of ether oxygens (including phenoxy) is 3. The number of rotatable bonds is 9. The molecule has 13 heteroatoms. The minimum Gasteiger partial charge on any atom is -0.462 e. The molecule has 0 spiro atoms. The van der Waals surface area contributed by atoms with Crippen molar-refractivity contribution in [3.63, 3.8) is 0 Å². The molecule has 0 bridgehead atoms. The van der Waals surface area contributed by atoms with Crippen LogP contribution in [-0.2, 0) is 28.6 Å². The van der Waals surface area contributed by atoms with Gasteiger partial charge in [-0.15, -0.1) is 23.1 Å². The zero-order chi connectivity index (χ0) is 35.6. The summed E-state index contributed by atoms with van der Waals surface area (Å²) < 4.78 is 16.8. The third-order valence-electron chi connectivity index (χ3n) is 8.15. The summed E-state index contributed by atoms with van der Waals surface area (Å²) in [7, 11) is 0. The highest BCUT2D eigenvalue weighted by Crippen LogP contribution is 2.43. The van der Waals surface area contributed by atoms with Crippen LogP contribution in [0.1, 0.15) is 61.7 Å². The van der Waals surface area contributed by atoms with Crippen molar-refractivity contribution in [1.29, 1.82) is 0 Å². The maximum absolute atomic E-state index is 14.3. The maximum atomic E-state index is 14.3. The van der Waals surface area contributed by atoms with Gasteiger partial charge in [-0.25, -0.2) is 14.4 Å². The lowest BCUT2D eigenvalue weighted by atomic mass is 10.00. The number of amides is 3. The van der Waals surface area contributed by atoms with Crippen LogP contribution in [-0.4, -0.2) is 70.7 Å². The molecule has 4 heterocycles. The van der Waals surface area contributed by atoms with E-state index in [2.05, 4.69) is 5.32 Å². The topological polar surface area (TPSA) is 132 Å². The number of carbonyl (C=O) groups is 5. The first kappa shape index (κ1) is 35.0. The Labute approximate surface area is 298 Å². The van der Waals surface area contributed by atoms with Crippen LogP contribution in [0.4, 0.5) is 9.80 Å². The van der Waals surface area contributed by atoms with E-state index in [0.29, 0.717) is 34.7 Å². The van der Waals surface area contributed by atoms with E-state index in [-0.39, 0.29) is 24.0 Å². The lowest BCUT2D eigenvalue weighted by molar-refractivity contribution is -0.153. The van der Waals surface area contributed by atoms with Gasteiger partial charge in [-0.05, 0) is 68.3 Å². The number of fused-ring (bicyclic) bond motifs is 1. The van der Waals surface area contributed by atoms with Crippen LogP contribution in [0.5, 0.6) is 0 Å². The van der Waals surface area contributed by atoms with Gasteiger partial charge in [0.2, 0.25) is 0 Å². The number of nitrogens with zero attached hydrogens (tertiary/aromatic N) is 2. The summed E-state index contributed by atoms with van der Waals surface area (Å²) in [4.78, 5) is 69.9. The van der Waals surface area contributed by atoms with E-state index in [1.165, 1.54) is 32.9 Å². The van der Waals surface area contributed by atoms with Crippen LogP contribution in [0.2, 0.25) is 0 Å². The van der Waals surface area contributed by atoms with Gasteiger partial charge in [0, 0.05) is 17.9 Å². The highest BCUT2D eigenvalue weighted by Gasteiger charge is 2.55. The monoisotopic (exact) mass is 715 g/mol. The molecular formula is C37H37N3O8S2. The van der Waals surface area contributed by atoms with Crippen molar-refractivity contribution >= 4 is 57.9 Å². The first-order valence-electron chi connectivity index (χ1n) is 16.2. The van der Waals surface area contributed by atoms with E-state index in [9.17, 15) is 24.0 Å². The molecule has 0 radical (unpaired) electrons. The van der Waals surface area contributed by atoms with Crippen LogP contribution < -0.4 is 10.2 Å². The van der Waals surface area contributed by atoms with E-state index < -0.39 is 47.1 Å². The second-order valence-electron chi connectivity index (χ2n) is 12.8. The largest absolute Gasteiger partial charge is 0.462 e. The number of carbonyl (C=O) groups excluding carboxylic acids is 5. The molecule has 3 aliphatic heterocycles. The van der Waals surface area contributed by atoms with Crippen LogP contribution >= 0.6 is 23.1 Å². The molecule has 0 unspecified atom stereocenters. The second-order valence-corrected chi connectivity index (χ2v) is 14.8. The summed E-state index contributed by atoms with van der Waals surface area (Å²) in [5.74, 6) is -1.79. The molecule has 0 saturated carbocycles. The third kappa shape index (κ3) is 7.19. The minimum absolute atomic E-state index is 0.0138. The molecule has 3 amide bonds. The summed E-state index contributed by atoms with van der Waals surface area (Å²) in [6, 6.07) is 19.3. The summed E-state index contributed by atoms with van der Waals surface area (Å²) >= 11 is 2.63. The molecule has 11 nitrogen and oxygen atoms in total. The molecule has 0 aliphatic carbocycles. The fraction of sp³-hybridized carbons (Fsp3) is 0.324. The molecule has 2 atom stereocenters. The average Bonchev–Trinajstić information content (AvgIpc) is 3.72. The van der Waals surface area contributed by atoms with Crippen LogP contribution in [0.25, 0.3) is 0 Å². The van der Waals surface area contributed by atoms with Crippen molar-refractivity contribution in [2.45, 2.75) is 57.2 Å². The van der Waals surface area contributed by atoms with Gasteiger partial charge in [-0.3, -0.25) is 19.4 Å². The van der Waals surface area contributed by atoms with Crippen LogP contribution in [0.15, 0.2) is 95.0 Å². The van der Waals surface area contributed by atoms with Gasteiger partial charge in [-0.2, -0.15) is 0 Å². The number of hydrogen-bond donors (Lipinski definition) is 1. The van der Waals surface area contributed by atoms with Crippen LogP contribution in [0, 0.1) is 0 Å². The zero-order valence-corrected chi connectivity index (χ0v) is 29.7. The number of benzene rings is 2. The molecule has 1 N–H and O–H groups in total. The second kappa shape index (κ2) is 14.5. The fourth-order valence-corrected chi connectivity index (χ4v) is 8.17. The summed E-state index contributed by atoms with van der Waals surface area (Å²) in [6.07, 6.45) is 0.488. The Morgan fingerprint density at radius 3 is 2.26 bits per heavy atom. The number of thioether (sulfide) groups is 1. The van der Waals surface area contributed by atoms with Crippen LogP contribution in [0.3, 0.4) is 0 Å². The molecule has 260 valence electrons. The minimum atomic E-state index is -0.922. The molecule has 2 fully saturated rings. The number of thiophene rings is 1. The number of hydrogen-bond acceptors (Lipinski definition) is 10. The van der Waals surface area contributed by atoms with E-state index in [1.54, 1.807) is 45.2 Å². The number of alkyl carbamates (subject to hydrolysis) is 1. The van der Waals surface area contributed by atoms with Crippen molar-refractivity contribution in [3.8, 4) is 0 Å². The average molecular weight is 716 g/mol. The van der Waals surface area contributed by atoms with Crippen molar-refractivity contribution < 1.29 is 38.2 Å². The van der Waals surface area contributed by atoms with Gasteiger partial charge in [0.15, 0.2) is 6.10 Å². The van der Waals surface area contributed by atoms with Gasteiger partial charge in [-0.1, -0.05) is 60.7 Å². The van der Waals surface area contributed by atoms with Crippen molar-refractivity contribution in [2.24, 2.45) is 0 Å². The summed E-state index contributed by atoms with van der Waals surface area (Å²) in [5, 5.41) is 4.28. The predicted molar refractivity (Wildman–Crippen MR) is 189 cm³/mol. The molecule has 6 rings (SSSR count). The Hall–Kier alpha value is -4.88. The SMILES string of the molecule is CCOC(=O)c1ccsc1N1CC/C(=C\C2=C(C(=O)OC(c3ccccc3)c3ccccc3)N3C(=O)[C@@H](NC(=O)OC(C)(C)C)[C@H]3SC2)C1=O. The molecule has 50 heavy (non-hydrogen) atoms. The quantitative estimate of drug-likeness (QED) is 0.123. The normalized spacial score (nSPS) is 19.7. The summed E-state index contributed by atoms with van der Waals surface area (Å²) in [5.41, 5.74) is 1.91. The van der Waals surface area contributed by atoms with E-state index >= 15 is 0 Å². The van der Waals surface area contributed by atoms with Gasteiger partial charge in [0.1, 0.15) is 27.7 Å². The van der Waals surface area contributed by atoms with Gasteiger partial charge < -0.3 is 19.5 Å². The number of allylic oxidation sites excluding steroid dienone is 1. The van der Waals surface area contributed by atoms with Gasteiger partial charge >= 0.3 is 18.0 Å². The first-order valence-corrected chi connectivity index (χ1v) is 18.1. The highest BCUT2D eigenvalue weighted by atomic mass is 32.2. The number of β-lactam (4-membered cyclic amide) rings is 1. The molecule has 2 aromatic carbocycles. The predicted octanol–water partition coefficient (Wildman–Crippen LogP) is 5.98. The number of esters is 2. The maximum Gasteiger partial charge on any atom is 0.408 e. The Bertz CT molecular complexity index is 1830. The fourth-order valence-electron chi connectivity index (χ4n) is 5.95. The number of nitrogens with one attached hydrogen (secondary N) is 1. The Balaban J connectivity index is 1.34. The molecule has 3 aliphatic rings. The van der Waals surface area contributed by atoms with Crippen molar-refractivity contribution in [2.75, 3.05) is 23.8 Å². The smallest absolute Gasteiger partial charge is 0.408 e. The van der Waals surface area contributed by atoms with Gasteiger partial charge in [0.05, 0.1) is 12.2 Å². The lowest BCUT2D eigenvalue weighted by Crippen LogP contribution is -2.70. The van der Waals surface area contributed by atoms with Gasteiger partial charge in [0.25, 0.3) is 11.8 Å². The zero-order valence-electron chi connectivity index (χ0n) is 28.0.